The molecule has 1 aromatic heterocycles. The first kappa shape index (κ1) is 12.5. The Kier molecular flexibility index (Phi) is 3.60. The summed E-state index contributed by atoms with van der Waals surface area (Å²) in [6.45, 7) is 0. The molecule has 2 aromatic rings. The van der Waals surface area contributed by atoms with E-state index in [1.165, 1.54) is 24.4 Å². The largest absolute Gasteiger partial charge is 0.383 e. The summed E-state index contributed by atoms with van der Waals surface area (Å²) >= 11 is 0. The molecule has 0 aliphatic carbocycles. The van der Waals surface area contributed by atoms with Crippen LogP contribution in [0, 0.1) is 11.6 Å². The lowest BCUT2D eigenvalue weighted by atomic mass is 9.95. The van der Waals surface area contributed by atoms with Crippen LogP contribution >= 0.6 is 0 Å². The van der Waals surface area contributed by atoms with Gasteiger partial charge in [-0.1, -0.05) is 17.6 Å². The van der Waals surface area contributed by atoms with E-state index in [9.17, 15) is 8.78 Å². The third-order valence-electron chi connectivity index (χ3n) is 2.73. The molecule has 1 aromatic carbocycles. The van der Waals surface area contributed by atoms with E-state index in [4.69, 9.17) is 13.6 Å². The van der Waals surface area contributed by atoms with Crippen LogP contribution < -0.4 is 11.2 Å². The molecule has 0 aliphatic heterocycles. The molecule has 0 bridgehead atoms. The molecule has 0 saturated heterocycles. The maximum atomic E-state index is 13.4. The second-order valence-corrected chi connectivity index (χ2v) is 4.01. The van der Waals surface area contributed by atoms with Gasteiger partial charge in [0.2, 0.25) is 0 Å². The quantitative estimate of drug-likeness (QED) is 0.831. The lowest BCUT2D eigenvalue weighted by Crippen LogP contribution is -2.10. The van der Waals surface area contributed by atoms with E-state index in [1.54, 1.807) is 6.07 Å². The molecule has 18 heavy (non-hydrogen) atoms. The maximum Gasteiger partial charge on any atom is 0.129 e. The Labute approximate surface area is 105 Å². The monoisotopic (exact) mass is 244 g/mol. The van der Waals surface area contributed by atoms with Gasteiger partial charge < -0.3 is 5.73 Å². The van der Waals surface area contributed by atoms with Crippen molar-refractivity contribution in [2.24, 2.45) is 0 Å². The topological polar surface area (TPSA) is 38.9 Å². The van der Waals surface area contributed by atoms with Gasteiger partial charge in [0.25, 0.3) is 0 Å². The highest BCUT2D eigenvalue weighted by Gasteiger charge is 2.09. The van der Waals surface area contributed by atoms with E-state index in [0.717, 1.165) is 0 Å². The number of anilines is 1. The number of nitrogens with two attached hydrogens (primary N) is 1. The SMILES string of the molecule is [B]c1cnc(N)c(CCc2c(F)cccc2F)c1. The number of hydrogen-bond donors (Lipinski definition) is 1. The van der Waals surface area contributed by atoms with Gasteiger partial charge in [-0.2, -0.15) is 0 Å². The smallest absolute Gasteiger partial charge is 0.129 e. The van der Waals surface area contributed by atoms with Gasteiger partial charge in [0.05, 0.1) is 0 Å². The first-order chi connectivity index (χ1) is 8.58. The molecule has 5 heteroatoms. The van der Waals surface area contributed by atoms with Crippen LogP contribution in [0.5, 0.6) is 0 Å². The second-order valence-electron chi connectivity index (χ2n) is 4.01. The van der Waals surface area contributed by atoms with Gasteiger partial charge in [-0.3, -0.25) is 0 Å². The molecule has 90 valence electrons. The average Bonchev–Trinajstić information content (AvgIpc) is 2.33. The third kappa shape index (κ3) is 2.67. The summed E-state index contributed by atoms with van der Waals surface area (Å²) in [6.07, 6.45) is 2.05. The fourth-order valence-corrected chi connectivity index (χ4v) is 1.77. The molecule has 0 amide bonds. The fraction of sp³-hybridized carbons (Fsp3) is 0.154. The minimum absolute atomic E-state index is 0.0549. The van der Waals surface area contributed by atoms with E-state index in [0.29, 0.717) is 23.3 Å². The first-order valence-corrected chi connectivity index (χ1v) is 5.50. The second kappa shape index (κ2) is 5.17. The van der Waals surface area contributed by atoms with Crippen LogP contribution in [0.3, 0.4) is 0 Å². The highest BCUT2D eigenvalue weighted by atomic mass is 19.1. The summed E-state index contributed by atoms with van der Waals surface area (Å²) < 4.78 is 26.8. The predicted octanol–water partition coefficient (Wildman–Crippen LogP) is 1.52. The minimum atomic E-state index is -0.551. The molecular weight excluding hydrogens is 233 g/mol. The van der Waals surface area contributed by atoms with Gasteiger partial charge in [0.15, 0.2) is 0 Å². The molecule has 0 spiro atoms. The molecule has 1 heterocycles. The van der Waals surface area contributed by atoms with E-state index < -0.39 is 11.6 Å². The number of benzene rings is 1. The number of aryl methyl sites for hydroxylation is 1. The van der Waals surface area contributed by atoms with Crippen molar-refractivity contribution >= 4 is 19.1 Å². The van der Waals surface area contributed by atoms with E-state index >= 15 is 0 Å². The van der Waals surface area contributed by atoms with Crippen molar-refractivity contribution in [3.8, 4) is 0 Å². The van der Waals surface area contributed by atoms with Crippen molar-refractivity contribution in [3.05, 3.63) is 53.2 Å². The Hall–Kier alpha value is -1.91. The van der Waals surface area contributed by atoms with Crippen LogP contribution in [0.15, 0.2) is 30.5 Å². The minimum Gasteiger partial charge on any atom is -0.383 e. The molecule has 2 N–H and O–H groups in total. The number of rotatable bonds is 3. The Morgan fingerprint density at radius 1 is 1.17 bits per heavy atom. The molecule has 2 radical (unpaired) electrons. The number of aromatic nitrogens is 1. The van der Waals surface area contributed by atoms with Crippen molar-refractivity contribution in [1.29, 1.82) is 0 Å². The van der Waals surface area contributed by atoms with Crippen molar-refractivity contribution in [1.82, 2.24) is 4.98 Å². The van der Waals surface area contributed by atoms with E-state index in [2.05, 4.69) is 4.98 Å². The average molecular weight is 244 g/mol. The van der Waals surface area contributed by atoms with Gasteiger partial charge in [-0.25, -0.2) is 13.8 Å². The normalized spacial score (nSPS) is 10.6. The van der Waals surface area contributed by atoms with Gasteiger partial charge in [0, 0.05) is 11.8 Å². The number of nitrogen functional groups attached to an aromatic ring is 1. The first-order valence-electron chi connectivity index (χ1n) is 5.50. The highest BCUT2D eigenvalue weighted by Crippen LogP contribution is 2.16. The molecule has 0 atom stereocenters. The van der Waals surface area contributed by atoms with Crippen LogP contribution in [0.4, 0.5) is 14.6 Å². The molecule has 2 nitrogen and oxygen atoms in total. The summed E-state index contributed by atoms with van der Waals surface area (Å²) in [5, 5.41) is 0. The lowest BCUT2D eigenvalue weighted by molar-refractivity contribution is 0.554. The number of halogens is 2. The molecule has 0 saturated carbocycles. The highest BCUT2D eigenvalue weighted by molar-refractivity contribution is 6.32. The summed E-state index contributed by atoms with van der Waals surface area (Å²) in [5.41, 5.74) is 6.90. The van der Waals surface area contributed by atoms with Crippen LogP contribution in [0.1, 0.15) is 11.1 Å². The summed E-state index contributed by atoms with van der Waals surface area (Å²) in [5.74, 6) is -0.767. The van der Waals surface area contributed by atoms with Crippen molar-refractivity contribution in [3.63, 3.8) is 0 Å². The molecule has 0 aliphatic rings. The zero-order valence-electron chi connectivity index (χ0n) is 9.66. The van der Waals surface area contributed by atoms with E-state index in [-0.39, 0.29) is 12.0 Å². The summed E-state index contributed by atoms with van der Waals surface area (Å²) in [4.78, 5) is 3.90. The van der Waals surface area contributed by atoms with E-state index in [1.807, 2.05) is 0 Å². The zero-order chi connectivity index (χ0) is 13.1. The predicted molar refractivity (Wildman–Crippen MR) is 67.8 cm³/mol. The van der Waals surface area contributed by atoms with Crippen LogP contribution in [0.2, 0.25) is 0 Å². The third-order valence-corrected chi connectivity index (χ3v) is 2.73. The van der Waals surface area contributed by atoms with Crippen LogP contribution in [0.25, 0.3) is 0 Å². The lowest BCUT2D eigenvalue weighted by Gasteiger charge is -2.07. The standard InChI is InChI=1S/C13H11BF2N2/c14-9-6-8(13(17)18-7-9)4-5-10-11(15)2-1-3-12(10)16/h1-3,6-7H,4-5H2,(H2,17,18). The molecule has 0 unspecified atom stereocenters. The summed E-state index contributed by atoms with van der Waals surface area (Å²) in [7, 11) is 5.59. The van der Waals surface area contributed by atoms with Crippen molar-refractivity contribution in [2.45, 2.75) is 12.8 Å². The number of nitrogens with zero attached hydrogens (tertiary/aromatic N) is 1. The summed E-state index contributed by atoms with van der Waals surface area (Å²) in [6, 6.07) is 5.48. The molecule has 2 rings (SSSR count). The van der Waals surface area contributed by atoms with Gasteiger partial charge in [0.1, 0.15) is 25.3 Å². The van der Waals surface area contributed by atoms with Gasteiger partial charge >= 0.3 is 0 Å². The van der Waals surface area contributed by atoms with Crippen LogP contribution in [-0.2, 0) is 12.8 Å². The van der Waals surface area contributed by atoms with Gasteiger partial charge in [-0.15, -0.1) is 0 Å². The fourth-order valence-electron chi connectivity index (χ4n) is 1.77. The number of hydrogen-bond acceptors (Lipinski definition) is 2. The maximum absolute atomic E-state index is 13.4. The zero-order valence-corrected chi connectivity index (χ0v) is 9.66. The van der Waals surface area contributed by atoms with Crippen LogP contribution in [-0.4, -0.2) is 12.8 Å². The van der Waals surface area contributed by atoms with Crippen molar-refractivity contribution in [2.75, 3.05) is 5.73 Å². The Bertz CT molecular complexity index is 553. The Morgan fingerprint density at radius 3 is 2.50 bits per heavy atom. The van der Waals surface area contributed by atoms with Gasteiger partial charge in [-0.05, 0) is 30.5 Å². The number of pyridine rings is 1. The molecular formula is C13H11BF2N2. The molecule has 0 fully saturated rings. The Morgan fingerprint density at radius 2 is 1.83 bits per heavy atom. The Balaban J connectivity index is 2.19. The van der Waals surface area contributed by atoms with Crippen molar-refractivity contribution < 1.29 is 8.78 Å².